The van der Waals surface area contributed by atoms with E-state index in [9.17, 15) is 5.11 Å². The van der Waals surface area contributed by atoms with Crippen molar-refractivity contribution in [3.63, 3.8) is 0 Å². The van der Waals surface area contributed by atoms with Crippen LogP contribution in [-0.4, -0.2) is 12.2 Å². The molecule has 0 aromatic heterocycles. The first-order valence-electron chi connectivity index (χ1n) is 6.47. The van der Waals surface area contributed by atoms with Gasteiger partial charge in [0.2, 0.25) is 0 Å². The van der Waals surface area contributed by atoms with Crippen LogP contribution in [0, 0.1) is 0 Å². The molecule has 106 valence electrons. The molecule has 0 saturated heterocycles. The topological polar surface area (TPSA) is 55.5 Å². The highest BCUT2D eigenvalue weighted by Gasteiger charge is 2.19. The summed E-state index contributed by atoms with van der Waals surface area (Å²) in [7, 11) is 1.62. The number of nitrogens with two attached hydrogens (primary N) is 1. The fourth-order valence-electron chi connectivity index (χ4n) is 2.36. The Bertz CT molecular complexity index is 613. The van der Waals surface area contributed by atoms with E-state index in [0.717, 1.165) is 23.3 Å². The van der Waals surface area contributed by atoms with E-state index in [4.69, 9.17) is 22.1 Å². The number of ether oxygens (including phenoxy) is 1. The highest BCUT2D eigenvalue weighted by molar-refractivity contribution is 6.30. The zero-order valence-corrected chi connectivity index (χ0v) is 12.3. The summed E-state index contributed by atoms with van der Waals surface area (Å²) in [4.78, 5) is 0. The van der Waals surface area contributed by atoms with Crippen molar-refractivity contribution in [2.75, 3.05) is 12.8 Å². The zero-order valence-electron chi connectivity index (χ0n) is 11.6. The van der Waals surface area contributed by atoms with Gasteiger partial charge in [0.25, 0.3) is 0 Å². The van der Waals surface area contributed by atoms with E-state index in [0.29, 0.717) is 16.3 Å². The summed E-state index contributed by atoms with van der Waals surface area (Å²) in [5.41, 5.74) is 8.84. The number of aliphatic hydroxyl groups excluding tert-OH is 1. The second kappa shape index (κ2) is 6.16. The van der Waals surface area contributed by atoms with Gasteiger partial charge in [0, 0.05) is 16.3 Å². The molecule has 0 amide bonds. The average Bonchev–Trinajstić information content (AvgIpc) is 2.48. The van der Waals surface area contributed by atoms with Gasteiger partial charge in [-0.3, -0.25) is 0 Å². The van der Waals surface area contributed by atoms with E-state index in [-0.39, 0.29) is 0 Å². The van der Waals surface area contributed by atoms with Crippen LogP contribution in [0.2, 0.25) is 5.02 Å². The highest BCUT2D eigenvalue weighted by Crippen LogP contribution is 2.34. The Morgan fingerprint density at radius 2 is 2.00 bits per heavy atom. The average molecular weight is 292 g/mol. The lowest BCUT2D eigenvalue weighted by Crippen LogP contribution is -2.07. The molecule has 0 heterocycles. The molecule has 3 nitrogen and oxygen atoms in total. The van der Waals surface area contributed by atoms with Gasteiger partial charge in [0.1, 0.15) is 11.9 Å². The Hall–Kier alpha value is -1.71. The highest BCUT2D eigenvalue weighted by atomic mass is 35.5. The van der Waals surface area contributed by atoms with Crippen molar-refractivity contribution in [3.8, 4) is 5.75 Å². The van der Waals surface area contributed by atoms with Crippen LogP contribution in [0.1, 0.15) is 29.7 Å². The summed E-state index contributed by atoms with van der Waals surface area (Å²) in [5.74, 6) is 0.768. The molecule has 0 saturated carbocycles. The minimum Gasteiger partial charge on any atom is -0.496 e. The maximum atomic E-state index is 10.6. The molecule has 2 aromatic carbocycles. The Morgan fingerprint density at radius 3 is 2.65 bits per heavy atom. The number of hydrogen-bond donors (Lipinski definition) is 2. The quantitative estimate of drug-likeness (QED) is 0.847. The minimum absolute atomic E-state index is 0.520. The predicted molar refractivity (Wildman–Crippen MR) is 82.3 cm³/mol. The van der Waals surface area contributed by atoms with Gasteiger partial charge in [-0.25, -0.2) is 0 Å². The zero-order chi connectivity index (χ0) is 14.7. The maximum absolute atomic E-state index is 10.6. The van der Waals surface area contributed by atoms with E-state index >= 15 is 0 Å². The SMILES string of the molecule is CCc1c(OC)cccc1C(O)c1cc(Cl)ccc1N. The number of anilines is 1. The number of nitrogen functional groups attached to an aromatic ring is 1. The molecule has 1 atom stereocenters. The summed E-state index contributed by atoms with van der Waals surface area (Å²) in [6.07, 6.45) is -0.0598. The molecule has 2 aromatic rings. The number of halogens is 1. The molecule has 0 radical (unpaired) electrons. The van der Waals surface area contributed by atoms with Crippen molar-refractivity contribution in [2.24, 2.45) is 0 Å². The third kappa shape index (κ3) is 2.74. The molecule has 2 rings (SSSR count). The largest absolute Gasteiger partial charge is 0.496 e. The van der Waals surface area contributed by atoms with Crippen molar-refractivity contribution in [2.45, 2.75) is 19.4 Å². The summed E-state index contributed by atoms with van der Waals surface area (Å²) >= 11 is 5.99. The Labute approximate surface area is 123 Å². The van der Waals surface area contributed by atoms with Crippen LogP contribution < -0.4 is 10.5 Å². The smallest absolute Gasteiger partial charge is 0.122 e. The first kappa shape index (κ1) is 14.7. The number of hydrogen-bond acceptors (Lipinski definition) is 3. The van der Waals surface area contributed by atoms with Gasteiger partial charge in [-0.05, 0) is 41.8 Å². The van der Waals surface area contributed by atoms with Gasteiger partial charge >= 0.3 is 0 Å². The van der Waals surface area contributed by atoms with Gasteiger partial charge in [-0.1, -0.05) is 30.7 Å². The third-order valence-electron chi connectivity index (χ3n) is 3.38. The number of benzene rings is 2. The van der Waals surface area contributed by atoms with Crippen LogP contribution in [0.5, 0.6) is 5.75 Å². The molecule has 0 spiro atoms. The maximum Gasteiger partial charge on any atom is 0.122 e. The van der Waals surface area contributed by atoms with E-state index in [1.54, 1.807) is 25.3 Å². The van der Waals surface area contributed by atoms with Crippen LogP contribution in [0.4, 0.5) is 5.69 Å². The molecular formula is C16H18ClNO2. The van der Waals surface area contributed by atoms with E-state index < -0.39 is 6.10 Å². The van der Waals surface area contributed by atoms with Crippen molar-refractivity contribution in [3.05, 3.63) is 58.1 Å². The summed E-state index contributed by atoms with van der Waals surface area (Å²) in [6.45, 7) is 2.02. The fourth-order valence-corrected chi connectivity index (χ4v) is 2.54. The summed E-state index contributed by atoms with van der Waals surface area (Å²) in [6, 6.07) is 10.7. The third-order valence-corrected chi connectivity index (χ3v) is 3.62. The van der Waals surface area contributed by atoms with E-state index in [2.05, 4.69) is 0 Å². The second-order valence-corrected chi connectivity index (χ2v) is 4.99. The van der Waals surface area contributed by atoms with Gasteiger partial charge in [0.05, 0.1) is 7.11 Å². The number of rotatable bonds is 4. The van der Waals surface area contributed by atoms with Crippen molar-refractivity contribution >= 4 is 17.3 Å². The van der Waals surface area contributed by atoms with Crippen molar-refractivity contribution < 1.29 is 9.84 Å². The van der Waals surface area contributed by atoms with E-state index in [1.807, 2.05) is 25.1 Å². The summed E-state index contributed by atoms with van der Waals surface area (Å²) < 4.78 is 5.35. The molecule has 4 heteroatoms. The lowest BCUT2D eigenvalue weighted by Gasteiger charge is -2.19. The van der Waals surface area contributed by atoms with Crippen molar-refractivity contribution in [1.29, 1.82) is 0 Å². The van der Waals surface area contributed by atoms with Crippen molar-refractivity contribution in [1.82, 2.24) is 0 Å². The fraction of sp³-hybridized carbons (Fsp3) is 0.250. The van der Waals surface area contributed by atoms with Crippen LogP contribution in [0.3, 0.4) is 0 Å². The van der Waals surface area contributed by atoms with Gasteiger partial charge in [-0.15, -0.1) is 0 Å². The molecule has 20 heavy (non-hydrogen) atoms. The Kier molecular flexibility index (Phi) is 4.53. The van der Waals surface area contributed by atoms with E-state index in [1.165, 1.54) is 0 Å². The van der Waals surface area contributed by atoms with Gasteiger partial charge < -0.3 is 15.6 Å². The molecule has 1 unspecified atom stereocenters. The monoisotopic (exact) mass is 291 g/mol. The molecule has 3 N–H and O–H groups in total. The number of aliphatic hydroxyl groups is 1. The standard InChI is InChI=1S/C16H18ClNO2/c1-3-11-12(5-4-6-15(11)20-2)16(19)13-9-10(17)7-8-14(13)18/h4-9,16,19H,3,18H2,1-2H3. The van der Waals surface area contributed by atoms with Crippen LogP contribution in [0.15, 0.2) is 36.4 Å². The van der Waals surface area contributed by atoms with Crippen LogP contribution in [0.25, 0.3) is 0 Å². The minimum atomic E-state index is -0.821. The normalized spacial score (nSPS) is 12.2. The molecule has 0 bridgehead atoms. The molecule has 0 aliphatic heterocycles. The predicted octanol–water partition coefficient (Wildman–Crippen LogP) is 3.57. The lowest BCUT2D eigenvalue weighted by atomic mass is 9.94. The summed E-state index contributed by atoms with van der Waals surface area (Å²) in [5, 5.41) is 11.2. The molecule has 0 aliphatic rings. The molecule has 0 aliphatic carbocycles. The van der Waals surface area contributed by atoms with Crippen LogP contribution in [-0.2, 0) is 6.42 Å². The molecule has 0 fully saturated rings. The van der Waals surface area contributed by atoms with Crippen LogP contribution >= 0.6 is 11.6 Å². The molecular weight excluding hydrogens is 274 g/mol. The Balaban J connectivity index is 2.53. The van der Waals surface area contributed by atoms with Gasteiger partial charge in [0.15, 0.2) is 0 Å². The Morgan fingerprint density at radius 1 is 1.25 bits per heavy atom. The van der Waals surface area contributed by atoms with Gasteiger partial charge in [-0.2, -0.15) is 0 Å². The number of methoxy groups -OCH3 is 1. The first-order valence-corrected chi connectivity index (χ1v) is 6.85. The second-order valence-electron chi connectivity index (χ2n) is 4.56. The first-order chi connectivity index (χ1) is 9.58. The lowest BCUT2D eigenvalue weighted by molar-refractivity contribution is 0.219.